The Kier molecular flexibility index (Phi) is 2.72. The highest BCUT2D eigenvalue weighted by molar-refractivity contribution is 7.13. The molecule has 0 aliphatic carbocycles. The van der Waals surface area contributed by atoms with Gasteiger partial charge in [-0.1, -0.05) is 0 Å². The number of amides is 1. The highest BCUT2D eigenvalue weighted by Crippen LogP contribution is 2.35. The number of aromatic nitrogens is 1. The van der Waals surface area contributed by atoms with Gasteiger partial charge in [0.2, 0.25) is 0 Å². The second-order valence-electron chi connectivity index (χ2n) is 4.22. The first-order valence-corrected chi connectivity index (χ1v) is 6.62. The first-order chi connectivity index (χ1) is 9.15. The summed E-state index contributed by atoms with van der Waals surface area (Å²) in [5.41, 5.74) is 9.40. The minimum absolute atomic E-state index is 0.123. The molecule has 2 aromatic rings. The minimum atomic E-state index is -0.123. The number of fused-ring (bicyclic) bond motifs is 1. The summed E-state index contributed by atoms with van der Waals surface area (Å²) < 4.78 is 0. The largest absolute Gasteiger partial charge is 0.399 e. The number of thiazole rings is 1. The number of nitrogens with two attached hydrogens (primary N) is 1. The van der Waals surface area contributed by atoms with Crippen LogP contribution in [0, 0.1) is 0 Å². The van der Waals surface area contributed by atoms with Crippen LogP contribution in [0.2, 0.25) is 0 Å². The average molecular weight is 272 g/mol. The highest BCUT2D eigenvalue weighted by atomic mass is 32.1. The molecule has 0 atom stereocenters. The van der Waals surface area contributed by atoms with Crippen LogP contribution in [0.1, 0.15) is 12.5 Å². The predicted molar refractivity (Wildman–Crippen MR) is 77.8 cm³/mol. The number of benzene rings is 1. The molecule has 4 N–H and O–H groups in total. The van der Waals surface area contributed by atoms with Gasteiger partial charge in [0.25, 0.3) is 5.91 Å². The zero-order valence-corrected chi connectivity index (χ0v) is 11.0. The summed E-state index contributed by atoms with van der Waals surface area (Å²) in [4.78, 5) is 16.2. The summed E-state index contributed by atoms with van der Waals surface area (Å²) in [5.74, 6) is -0.123. The normalized spacial score (nSPS) is 15.9. The molecule has 0 unspecified atom stereocenters. The number of nitrogen functional groups attached to an aromatic ring is 1. The van der Waals surface area contributed by atoms with E-state index in [1.807, 2.05) is 18.4 Å². The summed E-state index contributed by atoms with van der Waals surface area (Å²) in [5, 5.41) is 8.60. The van der Waals surface area contributed by atoms with Crippen LogP contribution in [-0.2, 0) is 4.79 Å². The quantitative estimate of drug-likeness (QED) is 0.579. The Morgan fingerprint density at radius 3 is 3.05 bits per heavy atom. The van der Waals surface area contributed by atoms with Crippen LogP contribution in [0.4, 0.5) is 16.5 Å². The lowest BCUT2D eigenvalue weighted by atomic mass is 10.0. The highest BCUT2D eigenvalue weighted by Gasteiger charge is 2.26. The smallest absolute Gasteiger partial charge is 0.258 e. The maximum Gasteiger partial charge on any atom is 0.258 e. The van der Waals surface area contributed by atoms with E-state index in [1.165, 1.54) is 11.3 Å². The fourth-order valence-electron chi connectivity index (χ4n) is 2.07. The van der Waals surface area contributed by atoms with Crippen molar-refractivity contribution in [1.82, 2.24) is 4.98 Å². The Morgan fingerprint density at radius 2 is 2.32 bits per heavy atom. The van der Waals surface area contributed by atoms with Crippen molar-refractivity contribution in [3.63, 3.8) is 0 Å². The molecule has 19 heavy (non-hydrogen) atoms. The van der Waals surface area contributed by atoms with Crippen LogP contribution < -0.4 is 16.4 Å². The van der Waals surface area contributed by atoms with Crippen molar-refractivity contribution in [1.29, 1.82) is 0 Å². The van der Waals surface area contributed by atoms with E-state index in [1.54, 1.807) is 18.3 Å². The van der Waals surface area contributed by atoms with E-state index >= 15 is 0 Å². The van der Waals surface area contributed by atoms with E-state index in [2.05, 4.69) is 15.6 Å². The maximum atomic E-state index is 12.0. The fourth-order valence-corrected chi connectivity index (χ4v) is 2.65. The zero-order valence-electron chi connectivity index (χ0n) is 10.2. The summed E-state index contributed by atoms with van der Waals surface area (Å²) in [6.07, 6.45) is 1.71. The lowest BCUT2D eigenvalue weighted by molar-refractivity contribution is -0.110. The number of rotatable bonds is 2. The lowest BCUT2D eigenvalue weighted by Crippen LogP contribution is -2.08. The van der Waals surface area contributed by atoms with Gasteiger partial charge in [-0.2, -0.15) is 0 Å². The molecule has 3 rings (SSSR count). The molecular formula is C13H12N4OS. The Bertz CT molecular complexity index is 676. The Labute approximate surface area is 114 Å². The van der Waals surface area contributed by atoms with Gasteiger partial charge in [0.05, 0.1) is 5.57 Å². The molecule has 0 fully saturated rings. The third-order valence-corrected chi connectivity index (χ3v) is 3.58. The van der Waals surface area contributed by atoms with E-state index < -0.39 is 0 Å². The number of carbonyl (C=O) groups excluding carboxylic acids is 1. The first kappa shape index (κ1) is 11.7. The Balaban J connectivity index is 2.05. The molecule has 5 nitrogen and oxygen atoms in total. The van der Waals surface area contributed by atoms with Crippen molar-refractivity contribution < 1.29 is 4.79 Å². The molecule has 2 heterocycles. The summed E-state index contributed by atoms with van der Waals surface area (Å²) in [6.45, 7) is 1.86. The Hall–Kier alpha value is -2.34. The van der Waals surface area contributed by atoms with Crippen LogP contribution in [0.5, 0.6) is 0 Å². The molecular weight excluding hydrogens is 260 g/mol. The van der Waals surface area contributed by atoms with Crippen molar-refractivity contribution >= 4 is 39.3 Å². The van der Waals surface area contributed by atoms with Crippen molar-refractivity contribution in [2.45, 2.75) is 6.92 Å². The SMILES string of the molecule is C/C(Nc1nccs1)=C1/C(=O)Nc2ccc(N)cc21. The van der Waals surface area contributed by atoms with Crippen molar-refractivity contribution in [2.24, 2.45) is 0 Å². The van der Waals surface area contributed by atoms with Crippen LogP contribution >= 0.6 is 11.3 Å². The standard InChI is InChI=1S/C13H12N4OS/c1-7(16-13-15-4-5-19-13)11-9-6-8(14)2-3-10(9)17-12(11)18/h2-6H,14H2,1H3,(H,15,16)(H,17,18)/b11-7-. The summed E-state index contributed by atoms with van der Waals surface area (Å²) in [7, 11) is 0. The van der Waals surface area contributed by atoms with Gasteiger partial charge in [0.15, 0.2) is 5.13 Å². The third-order valence-electron chi connectivity index (χ3n) is 2.89. The van der Waals surface area contributed by atoms with Crippen molar-refractivity contribution in [3.8, 4) is 0 Å². The molecule has 1 aromatic heterocycles. The number of anilines is 3. The Morgan fingerprint density at radius 1 is 1.47 bits per heavy atom. The van der Waals surface area contributed by atoms with E-state index in [9.17, 15) is 4.79 Å². The molecule has 0 spiro atoms. The van der Waals surface area contributed by atoms with Crippen molar-refractivity contribution in [3.05, 3.63) is 41.0 Å². The molecule has 0 saturated heterocycles. The molecule has 1 amide bonds. The zero-order chi connectivity index (χ0) is 13.4. The molecule has 0 bridgehead atoms. The molecule has 6 heteroatoms. The molecule has 1 aliphatic heterocycles. The lowest BCUT2D eigenvalue weighted by Gasteiger charge is -2.06. The van der Waals surface area contributed by atoms with Gasteiger partial charge in [-0.3, -0.25) is 4.79 Å². The van der Waals surface area contributed by atoms with E-state index in [0.717, 1.165) is 22.1 Å². The predicted octanol–water partition coefficient (Wildman–Crippen LogP) is 2.52. The van der Waals surface area contributed by atoms with Crippen LogP contribution in [0.3, 0.4) is 0 Å². The molecule has 96 valence electrons. The molecule has 0 saturated carbocycles. The summed E-state index contributed by atoms with van der Waals surface area (Å²) >= 11 is 1.48. The number of nitrogens with one attached hydrogen (secondary N) is 2. The summed E-state index contributed by atoms with van der Waals surface area (Å²) in [6, 6.07) is 5.38. The first-order valence-electron chi connectivity index (χ1n) is 5.74. The number of allylic oxidation sites excluding steroid dienone is 1. The molecule has 1 aromatic carbocycles. The monoisotopic (exact) mass is 272 g/mol. The van der Waals surface area contributed by atoms with Gasteiger partial charge < -0.3 is 16.4 Å². The number of carbonyl (C=O) groups is 1. The molecule has 0 radical (unpaired) electrons. The van der Waals surface area contributed by atoms with Crippen LogP contribution in [0.15, 0.2) is 35.5 Å². The van der Waals surface area contributed by atoms with Crippen LogP contribution in [-0.4, -0.2) is 10.9 Å². The van der Waals surface area contributed by atoms with E-state index in [0.29, 0.717) is 11.3 Å². The van der Waals surface area contributed by atoms with E-state index in [4.69, 9.17) is 5.73 Å². The van der Waals surface area contributed by atoms with Crippen molar-refractivity contribution in [2.75, 3.05) is 16.4 Å². The minimum Gasteiger partial charge on any atom is -0.399 e. The average Bonchev–Trinajstić information content (AvgIpc) is 2.95. The van der Waals surface area contributed by atoms with E-state index in [-0.39, 0.29) is 5.91 Å². The second kappa shape index (κ2) is 4.40. The number of nitrogens with zero attached hydrogens (tertiary/aromatic N) is 1. The number of hydrogen-bond donors (Lipinski definition) is 3. The van der Waals surface area contributed by atoms with Gasteiger partial charge in [-0.15, -0.1) is 11.3 Å². The van der Waals surface area contributed by atoms with Gasteiger partial charge in [0, 0.05) is 34.2 Å². The molecule has 1 aliphatic rings. The topological polar surface area (TPSA) is 80.0 Å². The van der Waals surface area contributed by atoms with Gasteiger partial charge in [-0.05, 0) is 25.1 Å². The second-order valence-corrected chi connectivity index (χ2v) is 5.12. The third kappa shape index (κ3) is 2.06. The van der Waals surface area contributed by atoms with Gasteiger partial charge in [-0.25, -0.2) is 4.98 Å². The van der Waals surface area contributed by atoms with Crippen LogP contribution in [0.25, 0.3) is 5.57 Å². The number of hydrogen-bond acceptors (Lipinski definition) is 5. The fraction of sp³-hybridized carbons (Fsp3) is 0.0769. The van der Waals surface area contributed by atoms with Gasteiger partial charge >= 0.3 is 0 Å². The van der Waals surface area contributed by atoms with Gasteiger partial charge in [0.1, 0.15) is 0 Å². The maximum absolute atomic E-state index is 12.0.